The maximum absolute atomic E-state index is 13.4. The lowest BCUT2D eigenvalue weighted by Crippen LogP contribution is -2.61. The molecule has 8 heteroatoms. The van der Waals surface area contributed by atoms with Crippen molar-refractivity contribution in [3.8, 4) is 11.1 Å². The molecular weight excluding hydrogens is 448 g/mol. The minimum Gasteiger partial charge on any atom is -0.480 e. The average Bonchev–Trinajstić information content (AvgIpc) is 3.35. The summed E-state index contributed by atoms with van der Waals surface area (Å²) in [6.07, 6.45) is -1.57. The molecule has 35 heavy (non-hydrogen) atoms. The molecule has 2 atom stereocenters. The highest BCUT2D eigenvalue weighted by Crippen LogP contribution is 2.44. The number of aliphatic carboxylic acids is 1. The predicted molar refractivity (Wildman–Crippen MR) is 130 cm³/mol. The zero-order valence-electron chi connectivity index (χ0n) is 20.4. The van der Waals surface area contributed by atoms with Gasteiger partial charge in [-0.15, -0.1) is 0 Å². The summed E-state index contributed by atoms with van der Waals surface area (Å²) >= 11 is 0. The van der Waals surface area contributed by atoms with Crippen LogP contribution in [-0.4, -0.2) is 63.9 Å². The lowest BCUT2D eigenvalue weighted by molar-refractivity contribution is -0.154. The van der Waals surface area contributed by atoms with Crippen molar-refractivity contribution in [2.75, 3.05) is 13.2 Å². The lowest BCUT2D eigenvalue weighted by atomic mass is 9.73. The molecule has 2 amide bonds. The van der Waals surface area contributed by atoms with Crippen LogP contribution in [0, 0.1) is 5.41 Å². The largest absolute Gasteiger partial charge is 0.480 e. The number of carbonyl (C=O) groups excluding carboxylic acids is 2. The number of likely N-dealkylation sites (tertiary alicyclic amines) is 1. The van der Waals surface area contributed by atoms with E-state index in [4.69, 9.17) is 4.74 Å². The number of fused-ring (bicyclic) bond motifs is 3. The number of alkyl carbamates (subject to hydrolysis) is 1. The Balaban J connectivity index is 1.45. The van der Waals surface area contributed by atoms with Crippen LogP contribution in [0.4, 0.5) is 4.79 Å². The number of hydrogen-bond donors (Lipinski definition) is 3. The topological polar surface area (TPSA) is 116 Å². The summed E-state index contributed by atoms with van der Waals surface area (Å²) in [4.78, 5) is 39.0. The lowest BCUT2D eigenvalue weighted by Gasteiger charge is -2.43. The Hall–Kier alpha value is -3.39. The molecule has 8 nitrogen and oxygen atoms in total. The Morgan fingerprint density at radius 1 is 1.00 bits per heavy atom. The number of carboxylic acids is 1. The SMILES string of the molecule is CC(C)(NC(=O)OCC1c2ccccc2-c2ccccc21)C(C)(C)C(=O)N1C[C@H](O)C[C@H]1C(=O)O. The monoisotopic (exact) mass is 480 g/mol. The van der Waals surface area contributed by atoms with Gasteiger partial charge < -0.3 is 25.2 Å². The number of hydrogen-bond acceptors (Lipinski definition) is 5. The summed E-state index contributed by atoms with van der Waals surface area (Å²) in [5.74, 6) is -1.70. The van der Waals surface area contributed by atoms with E-state index >= 15 is 0 Å². The van der Waals surface area contributed by atoms with E-state index in [0.717, 1.165) is 22.3 Å². The molecule has 1 saturated heterocycles. The van der Waals surface area contributed by atoms with Gasteiger partial charge in [-0.05, 0) is 49.9 Å². The zero-order valence-corrected chi connectivity index (χ0v) is 20.4. The molecule has 0 unspecified atom stereocenters. The van der Waals surface area contributed by atoms with Gasteiger partial charge in [0.1, 0.15) is 12.6 Å². The molecule has 1 heterocycles. The summed E-state index contributed by atoms with van der Waals surface area (Å²) in [6.45, 7) is 6.80. The molecule has 0 spiro atoms. The number of carboxylic acid groups (broad SMARTS) is 1. The fourth-order valence-corrected chi connectivity index (χ4v) is 4.94. The van der Waals surface area contributed by atoms with Gasteiger partial charge in [-0.3, -0.25) is 4.79 Å². The third-order valence-corrected chi connectivity index (χ3v) is 7.68. The molecule has 186 valence electrons. The molecule has 0 bridgehead atoms. The number of benzene rings is 2. The van der Waals surface area contributed by atoms with Crippen molar-refractivity contribution in [2.45, 2.75) is 57.7 Å². The van der Waals surface area contributed by atoms with Crippen LogP contribution in [0.2, 0.25) is 0 Å². The molecule has 0 radical (unpaired) electrons. The van der Waals surface area contributed by atoms with Crippen LogP contribution in [0.3, 0.4) is 0 Å². The van der Waals surface area contributed by atoms with E-state index in [1.807, 2.05) is 36.4 Å². The smallest absolute Gasteiger partial charge is 0.407 e. The Morgan fingerprint density at radius 3 is 2.09 bits per heavy atom. The molecule has 2 aromatic carbocycles. The van der Waals surface area contributed by atoms with Gasteiger partial charge in [0.05, 0.1) is 17.1 Å². The van der Waals surface area contributed by atoms with E-state index in [-0.39, 0.29) is 25.5 Å². The molecule has 4 rings (SSSR count). The molecule has 2 aromatic rings. The maximum Gasteiger partial charge on any atom is 0.407 e. The first kappa shape index (κ1) is 24.7. The maximum atomic E-state index is 13.4. The van der Waals surface area contributed by atoms with Gasteiger partial charge in [0, 0.05) is 18.9 Å². The molecule has 1 aliphatic carbocycles. The molecule has 2 aliphatic rings. The number of β-amino-alcohol motifs (C(OH)–C–C–N with tert-alkyl or cyclic N) is 1. The third kappa shape index (κ3) is 4.38. The Kier molecular flexibility index (Phi) is 6.36. The second-order valence-corrected chi connectivity index (χ2v) is 10.4. The van der Waals surface area contributed by atoms with E-state index in [1.165, 1.54) is 4.90 Å². The van der Waals surface area contributed by atoms with Crippen LogP contribution in [0.25, 0.3) is 11.1 Å². The van der Waals surface area contributed by atoms with Gasteiger partial charge in [-0.2, -0.15) is 0 Å². The van der Waals surface area contributed by atoms with Crippen LogP contribution >= 0.6 is 0 Å². The number of ether oxygens (including phenoxy) is 1. The zero-order chi connectivity index (χ0) is 25.5. The Labute approximate surface area is 204 Å². The van der Waals surface area contributed by atoms with Crippen LogP contribution in [0.1, 0.15) is 51.2 Å². The first-order chi connectivity index (χ1) is 16.4. The van der Waals surface area contributed by atoms with Crippen molar-refractivity contribution in [3.63, 3.8) is 0 Å². The summed E-state index contributed by atoms with van der Waals surface area (Å²) in [7, 11) is 0. The average molecular weight is 481 g/mol. The number of carbonyl (C=O) groups is 3. The minimum absolute atomic E-state index is 0.0165. The van der Waals surface area contributed by atoms with Gasteiger partial charge in [-0.25, -0.2) is 9.59 Å². The Morgan fingerprint density at radius 2 is 1.54 bits per heavy atom. The summed E-state index contributed by atoms with van der Waals surface area (Å²) in [5.41, 5.74) is 2.22. The summed E-state index contributed by atoms with van der Waals surface area (Å²) < 4.78 is 5.64. The molecule has 3 N–H and O–H groups in total. The summed E-state index contributed by atoms with van der Waals surface area (Å²) in [6, 6.07) is 15.0. The molecular formula is C27H32N2O6. The molecule has 0 aromatic heterocycles. The van der Waals surface area contributed by atoms with Crippen LogP contribution in [0.15, 0.2) is 48.5 Å². The van der Waals surface area contributed by atoms with Crippen molar-refractivity contribution < 1.29 is 29.3 Å². The van der Waals surface area contributed by atoms with Crippen molar-refractivity contribution >= 4 is 18.0 Å². The van der Waals surface area contributed by atoms with Gasteiger partial charge in [0.25, 0.3) is 0 Å². The highest BCUT2D eigenvalue weighted by Gasteiger charge is 2.51. The van der Waals surface area contributed by atoms with E-state index in [0.29, 0.717) is 0 Å². The van der Waals surface area contributed by atoms with E-state index in [2.05, 4.69) is 17.4 Å². The third-order valence-electron chi connectivity index (χ3n) is 7.68. The Bertz CT molecular complexity index is 1110. The fourth-order valence-electron chi connectivity index (χ4n) is 4.94. The number of rotatable bonds is 6. The highest BCUT2D eigenvalue weighted by atomic mass is 16.5. The number of aliphatic hydroxyl groups excluding tert-OH is 1. The van der Waals surface area contributed by atoms with E-state index in [9.17, 15) is 24.6 Å². The first-order valence-corrected chi connectivity index (χ1v) is 11.8. The van der Waals surface area contributed by atoms with Crippen LogP contribution in [0.5, 0.6) is 0 Å². The van der Waals surface area contributed by atoms with Crippen LogP contribution < -0.4 is 5.32 Å². The molecule has 1 aliphatic heterocycles. The van der Waals surface area contributed by atoms with Gasteiger partial charge in [0.2, 0.25) is 5.91 Å². The summed E-state index contributed by atoms with van der Waals surface area (Å²) in [5, 5.41) is 22.2. The van der Waals surface area contributed by atoms with E-state index < -0.39 is 41.1 Å². The van der Waals surface area contributed by atoms with Gasteiger partial charge >= 0.3 is 12.1 Å². The molecule has 1 fully saturated rings. The fraction of sp³-hybridized carbons (Fsp3) is 0.444. The second kappa shape index (κ2) is 9.00. The minimum atomic E-state index is -1.17. The van der Waals surface area contributed by atoms with Gasteiger partial charge in [0.15, 0.2) is 0 Å². The molecule has 0 saturated carbocycles. The number of nitrogens with zero attached hydrogens (tertiary/aromatic N) is 1. The normalized spacial score (nSPS) is 19.7. The van der Waals surface area contributed by atoms with Crippen molar-refractivity contribution in [3.05, 3.63) is 59.7 Å². The van der Waals surface area contributed by atoms with Gasteiger partial charge in [-0.1, -0.05) is 48.5 Å². The number of nitrogens with one attached hydrogen (secondary N) is 1. The second-order valence-electron chi connectivity index (χ2n) is 10.4. The van der Waals surface area contributed by atoms with Crippen molar-refractivity contribution in [1.29, 1.82) is 0 Å². The predicted octanol–water partition coefficient (Wildman–Crippen LogP) is 3.38. The number of amides is 2. The standard InChI is InChI=1S/C27H32N2O6/c1-26(2,24(33)29-14-16(30)13-22(29)23(31)32)27(3,4)28-25(34)35-15-21-19-11-7-5-9-17(19)18-10-6-8-12-20(18)21/h5-12,16,21-22,30H,13-15H2,1-4H3,(H,28,34)(H,31,32)/t16-,22+/m1/s1. The number of aliphatic hydroxyl groups is 1. The van der Waals surface area contributed by atoms with E-state index in [1.54, 1.807) is 27.7 Å². The highest BCUT2D eigenvalue weighted by molar-refractivity contribution is 5.89. The van der Waals surface area contributed by atoms with Crippen LogP contribution in [-0.2, 0) is 14.3 Å². The first-order valence-electron chi connectivity index (χ1n) is 11.8. The van der Waals surface area contributed by atoms with Crippen molar-refractivity contribution in [1.82, 2.24) is 10.2 Å². The quantitative estimate of drug-likeness (QED) is 0.584. The van der Waals surface area contributed by atoms with Crippen molar-refractivity contribution in [2.24, 2.45) is 5.41 Å².